The number of carboxylic acid groups (broad SMARTS) is 1. The average molecular weight is 552 g/mol. The number of aryl methyl sites for hydroxylation is 2. The molecule has 1 aromatic carbocycles. The van der Waals surface area contributed by atoms with Crippen LogP contribution in [0.2, 0.25) is 0 Å². The van der Waals surface area contributed by atoms with E-state index in [0.29, 0.717) is 11.5 Å². The zero-order valence-electron chi connectivity index (χ0n) is 21.9. The molecule has 0 bridgehead atoms. The van der Waals surface area contributed by atoms with E-state index in [0.717, 1.165) is 60.0 Å². The summed E-state index contributed by atoms with van der Waals surface area (Å²) in [6, 6.07) is 16.4. The molecule has 5 rings (SSSR count). The summed E-state index contributed by atoms with van der Waals surface area (Å²) >= 11 is 0. The van der Waals surface area contributed by atoms with E-state index in [2.05, 4.69) is 44.2 Å². The zero-order valence-corrected chi connectivity index (χ0v) is 21.9. The lowest BCUT2D eigenvalue weighted by atomic mass is 9.89. The molecule has 4 heterocycles. The lowest BCUT2D eigenvalue weighted by molar-refractivity contribution is -0.192. The number of imidazole rings is 1. The molecule has 11 heteroatoms. The van der Waals surface area contributed by atoms with Gasteiger partial charge in [0, 0.05) is 42.9 Å². The molecule has 208 valence electrons. The summed E-state index contributed by atoms with van der Waals surface area (Å²) in [5.41, 5.74) is 6.59. The van der Waals surface area contributed by atoms with E-state index >= 15 is 0 Å². The van der Waals surface area contributed by atoms with E-state index in [1.54, 1.807) is 18.6 Å². The minimum atomic E-state index is -5.08. The van der Waals surface area contributed by atoms with E-state index in [1.807, 2.05) is 43.0 Å². The van der Waals surface area contributed by atoms with E-state index in [4.69, 9.17) is 9.90 Å². The topological polar surface area (TPSA) is 112 Å². The molecule has 0 unspecified atom stereocenters. The zero-order chi connectivity index (χ0) is 28.9. The molecule has 0 radical (unpaired) electrons. The number of carbonyl (C=O) groups excluding carboxylic acids is 1. The van der Waals surface area contributed by atoms with Gasteiger partial charge in [-0.05, 0) is 61.9 Å². The quantitative estimate of drug-likeness (QED) is 0.331. The van der Waals surface area contributed by atoms with Crippen LogP contribution in [0, 0.1) is 13.8 Å². The Bertz CT molecular complexity index is 1460. The normalized spacial score (nSPS) is 13.9. The number of carbonyl (C=O) groups is 2. The number of hydrogen-bond donors (Lipinski definition) is 2. The van der Waals surface area contributed by atoms with Gasteiger partial charge in [0.05, 0.1) is 11.3 Å². The van der Waals surface area contributed by atoms with Gasteiger partial charge in [0.1, 0.15) is 5.69 Å². The van der Waals surface area contributed by atoms with E-state index in [1.165, 1.54) is 5.56 Å². The van der Waals surface area contributed by atoms with Crippen molar-refractivity contribution in [2.24, 2.45) is 0 Å². The van der Waals surface area contributed by atoms with Gasteiger partial charge in [-0.25, -0.2) is 9.78 Å². The smallest absolute Gasteiger partial charge is 0.475 e. The van der Waals surface area contributed by atoms with Gasteiger partial charge in [-0.15, -0.1) is 0 Å². The molecule has 1 saturated heterocycles. The van der Waals surface area contributed by atoms with Crippen LogP contribution >= 0.6 is 0 Å². The number of hydrogen-bond acceptors (Lipinski definition) is 5. The number of carboxylic acids is 1. The van der Waals surface area contributed by atoms with Gasteiger partial charge in [0.2, 0.25) is 0 Å². The van der Waals surface area contributed by atoms with Crippen LogP contribution in [0.5, 0.6) is 0 Å². The third-order valence-electron chi connectivity index (χ3n) is 6.74. The van der Waals surface area contributed by atoms with Crippen LogP contribution in [-0.2, 0) is 4.79 Å². The number of rotatable bonds is 4. The molecule has 0 aliphatic carbocycles. The van der Waals surface area contributed by atoms with Crippen molar-refractivity contribution in [1.29, 1.82) is 0 Å². The fourth-order valence-electron chi connectivity index (χ4n) is 4.45. The lowest BCUT2D eigenvalue weighted by Crippen LogP contribution is -2.38. The maximum Gasteiger partial charge on any atom is 0.490 e. The lowest BCUT2D eigenvalue weighted by Gasteiger charge is -2.32. The van der Waals surface area contributed by atoms with Gasteiger partial charge >= 0.3 is 12.1 Å². The third-order valence-corrected chi connectivity index (χ3v) is 6.74. The van der Waals surface area contributed by atoms with Crippen LogP contribution in [0.25, 0.3) is 22.6 Å². The number of aromatic amines is 1. The monoisotopic (exact) mass is 551 g/mol. The molecule has 40 heavy (non-hydrogen) atoms. The number of alkyl halides is 3. The second-order valence-electron chi connectivity index (χ2n) is 9.47. The van der Waals surface area contributed by atoms with E-state index < -0.39 is 12.1 Å². The van der Waals surface area contributed by atoms with Gasteiger partial charge in [-0.1, -0.05) is 30.3 Å². The molecule has 0 atom stereocenters. The molecule has 3 aromatic heterocycles. The molecule has 1 fully saturated rings. The second kappa shape index (κ2) is 12.1. The number of H-pyrrole nitrogens is 1. The SMILES string of the molecule is Cc1nc(-c2cc(-c3cncc(C(=O)N4CCC(c5ccccc5)CC4)c3)ccn2)[nH]c1C.O=C(O)C(F)(F)F. The predicted molar refractivity (Wildman–Crippen MR) is 143 cm³/mol. The van der Waals surface area contributed by atoms with Gasteiger partial charge in [-0.2, -0.15) is 13.2 Å². The summed E-state index contributed by atoms with van der Waals surface area (Å²) in [5.74, 6) is -1.45. The van der Waals surface area contributed by atoms with Gasteiger partial charge in [-0.3, -0.25) is 14.8 Å². The molecular formula is C29H28F3N5O3. The molecule has 1 aliphatic rings. The highest BCUT2D eigenvalue weighted by Gasteiger charge is 2.38. The molecule has 2 N–H and O–H groups in total. The Morgan fingerprint density at radius 1 is 1.00 bits per heavy atom. The second-order valence-corrected chi connectivity index (χ2v) is 9.47. The van der Waals surface area contributed by atoms with Crippen LogP contribution < -0.4 is 0 Å². The highest BCUT2D eigenvalue weighted by molar-refractivity contribution is 5.95. The molecule has 1 amide bonds. The number of nitrogens with one attached hydrogen (secondary N) is 1. The van der Waals surface area contributed by atoms with Crippen molar-refractivity contribution in [1.82, 2.24) is 24.8 Å². The minimum absolute atomic E-state index is 0.0439. The van der Waals surface area contributed by atoms with Crippen LogP contribution in [0.1, 0.15) is 46.1 Å². The van der Waals surface area contributed by atoms with E-state index in [9.17, 15) is 18.0 Å². The van der Waals surface area contributed by atoms with Crippen molar-refractivity contribution in [2.45, 2.75) is 38.8 Å². The maximum absolute atomic E-state index is 13.2. The Morgan fingerprint density at radius 2 is 1.68 bits per heavy atom. The summed E-state index contributed by atoms with van der Waals surface area (Å²) in [6.45, 7) is 5.50. The predicted octanol–water partition coefficient (Wildman–Crippen LogP) is 5.80. The number of benzene rings is 1. The third kappa shape index (κ3) is 6.90. The van der Waals surface area contributed by atoms with Crippen molar-refractivity contribution in [2.75, 3.05) is 13.1 Å². The van der Waals surface area contributed by atoms with Crippen molar-refractivity contribution < 1.29 is 27.9 Å². The number of aromatic nitrogens is 4. The Kier molecular flexibility index (Phi) is 8.61. The Balaban J connectivity index is 0.000000470. The van der Waals surface area contributed by atoms with E-state index in [-0.39, 0.29) is 5.91 Å². The summed E-state index contributed by atoms with van der Waals surface area (Å²) in [7, 11) is 0. The van der Waals surface area contributed by atoms with Crippen LogP contribution in [0.15, 0.2) is 67.1 Å². The first-order valence-corrected chi connectivity index (χ1v) is 12.6. The van der Waals surface area contributed by atoms with Gasteiger partial charge < -0.3 is 15.0 Å². The largest absolute Gasteiger partial charge is 0.490 e. The molecule has 8 nitrogen and oxygen atoms in total. The van der Waals surface area contributed by atoms with Crippen molar-refractivity contribution in [3.8, 4) is 22.6 Å². The summed E-state index contributed by atoms with van der Waals surface area (Å²) in [6.07, 6.45) is 2.10. The first-order valence-electron chi connectivity index (χ1n) is 12.6. The maximum atomic E-state index is 13.2. The van der Waals surface area contributed by atoms with Gasteiger partial charge in [0.25, 0.3) is 5.91 Å². The molecule has 0 spiro atoms. The summed E-state index contributed by atoms with van der Waals surface area (Å²) in [5, 5.41) is 7.12. The number of aliphatic carboxylic acids is 1. The average Bonchev–Trinajstić information content (AvgIpc) is 3.31. The van der Waals surface area contributed by atoms with Crippen LogP contribution in [-0.4, -0.2) is 61.1 Å². The number of pyridine rings is 2. The molecule has 0 saturated carbocycles. The minimum Gasteiger partial charge on any atom is -0.475 e. The van der Waals surface area contributed by atoms with Crippen LogP contribution in [0.4, 0.5) is 13.2 Å². The van der Waals surface area contributed by atoms with Crippen molar-refractivity contribution in [3.05, 3.63) is 89.6 Å². The highest BCUT2D eigenvalue weighted by Crippen LogP contribution is 2.29. The fraction of sp³-hybridized carbons (Fsp3) is 0.276. The fourth-order valence-corrected chi connectivity index (χ4v) is 4.45. The number of amides is 1. The highest BCUT2D eigenvalue weighted by atomic mass is 19.4. The first-order chi connectivity index (χ1) is 19.0. The number of nitrogens with zero attached hydrogens (tertiary/aromatic N) is 4. The van der Waals surface area contributed by atoms with Crippen LogP contribution in [0.3, 0.4) is 0 Å². The molecule has 4 aromatic rings. The summed E-state index contributed by atoms with van der Waals surface area (Å²) in [4.78, 5) is 40.7. The number of piperidine rings is 1. The van der Waals surface area contributed by atoms with Crippen molar-refractivity contribution >= 4 is 11.9 Å². The molecule has 1 aliphatic heterocycles. The van der Waals surface area contributed by atoms with Crippen molar-refractivity contribution in [3.63, 3.8) is 0 Å². The standard InChI is InChI=1S/C27H27N5O.C2HF3O2/c1-18-19(2)31-26(30-18)25-15-22(8-11-29-25)23-14-24(17-28-16-23)27(33)32-12-9-21(10-13-32)20-6-4-3-5-7-20;3-2(4,5)1(6)7/h3-8,11,14-17,21H,9-10,12-13H2,1-2H3,(H,30,31);(H,6,7). The Morgan fingerprint density at radius 3 is 2.27 bits per heavy atom. The molecular weight excluding hydrogens is 523 g/mol. The number of likely N-dealkylation sites (tertiary alicyclic amines) is 1. The first kappa shape index (κ1) is 28.5. The van der Waals surface area contributed by atoms with Gasteiger partial charge in [0.15, 0.2) is 5.82 Å². The Labute approximate surface area is 228 Å². The number of halogens is 3. The Hall–Kier alpha value is -4.54. The summed E-state index contributed by atoms with van der Waals surface area (Å²) < 4.78 is 31.7.